The third kappa shape index (κ3) is 2.38. The smallest absolute Gasteiger partial charge is 0.251 e. The fourth-order valence-electron chi connectivity index (χ4n) is 2.37. The lowest BCUT2D eigenvalue weighted by atomic mass is 10.0. The molecule has 1 aromatic rings. The molecule has 0 spiro atoms. The van der Waals surface area contributed by atoms with Gasteiger partial charge in [0.05, 0.1) is 11.8 Å². The molecule has 0 saturated carbocycles. The van der Waals surface area contributed by atoms with Crippen molar-refractivity contribution >= 4 is 21.4 Å². The summed E-state index contributed by atoms with van der Waals surface area (Å²) < 4.78 is 26.3. The molecule has 0 bridgehead atoms. The van der Waals surface area contributed by atoms with E-state index >= 15 is 0 Å². The summed E-state index contributed by atoms with van der Waals surface area (Å²) in [5, 5.41) is 8.02. The van der Waals surface area contributed by atoms with Gasteiger partial charge in [-0.25, -0.2) is 8.42 Å². The SMILES string of the molecule is CCC(C#N)S(=O)(=O)N1CCCc2cc(N)ccc21. The number of nitriles is 1. The Morgan fingerprint density at radius 1 is 1.53 bits per heavy atom. The van der Waals surface area contributed by atoms with Crippen LogP contribution in [0, 0.1) is 11.3 Å². The molecule has 5 nitrogen and oxygen atoms in total. The van der Waals surface area contributed by atoms with Crippen LogP contribution in [0.3, 0.4) is 0 Å². The van der Waals surface area contributed by atoms with Crippen LogP contribution in [-0.2, 0) is 16.4 Å². The van der Waals surface area contributed by atoms with E-state index in [0.29, 0.717) is 24.3 Å². The fraction of sp³-hybridized carbons (Fsp3) is 0.462. The van der Waals surface area contributed by atoms with E-state index in [1.807, 2.05) is 12.1 Å². The van der Waals surface area contributed by atoms with Crippen LogP contribution in [0.2, 0.25) is 0 Å². The van der Waals surface area contributed by atoms with Crippen molar-refractivity contribution in [1.82, 2.24) is 0 Å². The molecule has 2 N–H and O–H groups in total. The van der Waals surface area contributed by atoms with E-state index in [-0.39, 0.29) is 0 Å². The van der Waals surface area contributed by atoms with Gasteiger partial charge in [0.1, 0.15) is 0 Å². The topological polar surface area (TPSA) is 87.2 Å². The highest BCUT2D eigenvalue weighted by molar-refractivity contribution is 7.93. The predicted molar refractivity (Wildman–Crippen MR) is 75.1 cm³/mol. The molecule has 1 aliphatic heterocycles. The first-order valence-electron chi connectivity index (χ1n) is 6.30. The van der Waals surface area contributed by atoms with E-state index < -0.39 is 15.3 Å². The summed E-state index contributed by atoms with van der Waals surface area (Å²) in [4.78, 5) is 0. The van der Waals surface area contributed by atoms with Gasteiger partial charge in [0.15, 0.2) is 5.25 Å². The fourth-order valence-corrected chi connectivity index (χ4v) is 4.07. The number of nitrogen functional groups attached to an aromatic ring is 1. The Morgan fingerprint density at radius 2 is 2.26 bits per heavy atom. The molecule has 0 aromatic heterocycles. The van der Waals surface area contributed by atoms with Crippen LogP contribution in [0.4, 0.5) is 11.4 Å². The maximum absolute atomic E-state index is 12.5. The number of nitrogens with two attached hydrogens (primary N) is 1. The number of nitrogens with zero attached hydrogens (tertiary/aromatic N) is 2. The van der Waals surface area contributed by atoms with Crippen molar-refractivity contribution in [3.63, 3.8) is 0 Å². The zero-order chi connectivity index (χ0) is 14.0. The van der Waals surface area contributed by atoms with E-state index in [1.54, 1.807) is 19.1 Å². The van der Waals surface area contributed by atoms with Crippen molar-refractivity contribution < 1.29 is 8.42 Å². The Morgan fingerprint density at radius 3 is 2.89 bits per heavy atom. The maximum atomic E-state index is 12.5. The van der Waals surface area contributed by atoms with Crippen LogP contribution in [0.25, 0.3) is 0 Å². The van der Waals surface area contributed by atoms with Crippen LogP contribution in [0.5, 0.6) is 0 Å². The summed E-state index contributed by atoms with van der Waals surface area (Å²) in [6, 6.07) is 7.11. The van der Waals surface area contributed by atoms with Crippen molar-refractivity contribution in [2.24, 2.45) is 0 Å². The van der Waals surface area contributed by atoms with Crippen molar-refractivity contribution in [1.29, 1.82) is 5.26 Å². The number of hydrogen-bond acceptors (Lipinski definition) is 4. The molecule has 1 atom stereocenters. The minimum atomic E-state index is -3.62. The van der Waals surface area contributed by atoms with E-state index in [0.717, 1.165) is 18.4 Å². The molecule has 2 rings (SSSR count). The highest BCUT2D eigenvalue weighted by atomic mass is 32.2. The number of rotatable bonds is 3. The number of benzene rings is 1. The molecular weight excluding hydrogens is 262 g/mol. The van der Waals surface area contributed by atoms with Crippen molar-refractivity contribution in [2.45, 2.75) is 31.4 Å². The molecule has 102 valence electrons. The molecule has 0 aliphatic carbocycles. The molecule has 0 fully saturated rings. The van der Waals surface area contributed by atoms with Gasteiger partial charge in [-0.3, -0.25) is 4.31 Å². The number of fused-ring (bicyclic) bond motifs is 1. The quantitative estimate of drug-likeness (QED) is 0.852. The molecule has 0 radical (unpaired) electrons. The second-order valence-electron chi connectivity index (χ2n) is 4.63. The van der Waals surface area contributed by atoms with Crippen molar-refractivity contribution in [2.75, 3.05) is 16.6 Å². The first-order chi connectivity index (χ1) is 9.00. The minimum absolute atomic E-state index is 0.291. The second-order valence-corrected chi connectivity index (χ2v) is 6.67. The summed E-state index contributed by atoms with van der Waals surface area (Å²) in [6.45, 7) is 2.14. The van der Waals surface area contributed by atoms with Crippen molar-refractivity contribution in [3.8, 4) is 6.07 Å². The van der Waals surface area contributed by atoms with Crippen LogP contribution in [0.15, 0.2) is 18.2 Å². The van der Waals surface area contributed by atoms with Gasteiger partial charge in [0.25, 0.3) is 10.0 Å². The van der Waals surface area contributed by atoms with E-state index in [1.165, 1.54) is 4.31 Å². The molecule has 1 unspecified atom stereocenters. The molecule has 19 heavy (non-hydrogen) atoms. The molecule has 0 saturated heterocycles. The van der Waals surface area contributed by atoms with Crippen LogP contribution in [0.1, 0.15) is 25.3 Å². The summed E-state index contributed by atoms with van der Waals surface area (Å²) in [5.41, 5.74) is 7.95. The number of hydrogen-bond donors (Lipinski definition) is 1. The third-order valence-electron chi connectivity index (χ3n) is 3.36. The summed E-state index contributed by atoms with van der Waals surface area (Å²) in [6.07, 6.45) is 1.85. The zero-order valence-electron chi connectivity index (χ0n) is 10.8. The second kappa shape index (κ2) is 5.10. The van der Waals surface area contributed by atoms with Gasteiger partial charge in [-0.05, 0) is 43.0 Å². The maximum Gasteiger partial charge on any atom is 0.251 e. The van der Waals surface area contributed by atoms with E-state index in [9.17, 15) is 8.42 Å². The highest BCUT2D eigenvalue weighted by Gasteiger charge is 2.33. The first kappa shape index (κ1) is 13.7. The molecular formula is C13H17N3O2S. The van der Waals surface area contributed by atoms with Crippen LogP contribution in [-0.4, -0.2) is 20.2 Å². The standard InChI is InChI=1S/C13H17N3O2S/c1-2-12(9-14)19(17,18)16-7-3-4-10-8-11(15)5-6-13(10)16/h5-6,8,12H,2-4,7,15H2,1H3. The molecule has 6 heteroatoms. The third-order valence-corrected chi connectivity index (χ3v) is 5.51. The Balaban J connectivity index is 2.47. The average molecular weight is 279 g/mol. The molecule has 1 aliphatic rings. The lowest BCUT2D eigenvalue weighted by molar-refractivity contribution is 0.578. The summed E-state index contributed by atoms with van der Waals surface area (Å²) in [5.74, 6) is 0. The Bertz CT molecular complexity index is 619. The van der Waals surface area contributed by atoms with Crippen molar-refractivity contribution in [3.05, 3.63) is 23.8 Å². The largest absolute Gasteiger partial charge is 0.399 e. The van der Waals surface area contributed by atoms with Gasteiger partial charge < -0.3 is 5.73 Å². The van der Waals surface area contributed by atoms with Gasteiger partial charge >= 0.3 is 0 Å². The van der Waals surface area contributed by atoms with Gasteiger partial charge in [0.2, 0.25) is 0 Å². The zero-order valence-corrected chi connectivity index (χ0v) is 11.7. The summed E-state index contributed by atoms with van der Waals surface area (Å²) >= 11 is 0. The van der Waals surface area contributed by atoms with Gasteiger partial charge in [-0.1, -0.05) is 6.92 Å². The predicted octanol–water partition coefficient (Wildman–Crippen LogP) is 1.65. The first-order valence-corrected chi connectivity index (χ1v) is 7.80. The molecule has 0 amide bonds. The van der Waals surface area contributed by atoms with Gasteiger partial charge in [0, 0.05) is 12.2 Å². The minimum Gasteiger partial charge on any atom is -0.399 e. The average Bonchev–Trinajstić information content (AvgIpc) is 2.38. The number of anilines is 2. The van der Waals surface area contributed by atoms with Crippen LogP contribution < -0.4 is 10.0 Å². The monoisotopic (exact) mass is 279 g/mol. The van der Waals surface area contributed by atoms with E-state index in [2.05, 4.69) is 0 Å². The Hall–Kier alpha value is -1.74. The van der Waals surface area contributed by atoms with Gasteiger partial charge in [-0.2, -0.15) is 5.26 Å². The number of sulfonamides is 1. The number of aryl methyl sites for hydroxylation is 1. The molecule has 1 heterocycles. The van der Waals surface area contributed by atoms with E-state index in [4.69, 9.17) is 11.0 Å². The van der Waals surface area contributed by atoms with Crippen LogP contribution >= 0.6 is 0 Å². The molecule has 1 aromatic carbocycles. The highest BCUT2D eigenvalue weighted by Crippen LogP contribution is 2.32. The van der Waals surface area contributed by atoms with Gasteiger partial charge in [-0.15, -0.1) is 0 Å². The normalized spacial score (nSPS) is 16.5. The summed E-state index contributed by atoms with van der Waals surface area (Å²) in [7, 11) is -3.62. The lowest BCUT2D eigenvalue weighted by Gasteiger charge is -2.31. The Kier molecular flexibility index (Phi) is 3.67. The lowest BCUT2D eigenvalue weighted by Crippen LogP contribution is -2.41. The Labute approximate surface area is 113 Å².